The maximum atomic E-state index is 12.0. The molecule has 0 aliphatic carbocycles. The summed E-state index contributed by atoms with van der Waals surface area (Å²) in [4.78, 5) is 13.1. The van der Waals surface area contributed by atoms with Crippen molar-refractivity contribution in [1.29, 1.82) is 0 Å². The van der Waals surface area contributed by atoms with Crippen molar-refractivity contribution in [3.8, 4) is 0 Å². The number of nitrogens with zero attached hydrogens (tertiary/aromatic N) is 1. The molecule has 1 saturated heterocycles. The molecule has 1 aromatic carbocycles. The summed E-state index contributed by atoms with van der Waals surface area (Å²) in [5.74, 6) is 0. The monoisotopic (exact) mass is 283 g/mol. The van der Waals surface area contributed by atoms with Crippen LogP contribution in [0.4, 0.5) is 4.79 Å². The van der Waals surface area contributed by atoms with E-state index in [0.29, 0.717) is 19.6 Å². The zero-order valence-corrected chi connectivity index (χ0v) is 11.5. The molecule has 1 aliphatic rings. The highest BCUT2D eigenvalue weighted by Gasteiger charge is 2.20. The van der Waals surface area contributed by atoms with Gasteiger partial charge in [0.1, 0.15) is 0 Å². The Bertz CT molecular complexity index is 571. The second-order valence-corrected chi connectivity index (χ2v) is 6.20. The molecular formula is C12H17N3O3S. The standard InChI is InChI=1S/C12H17N3O3S/c1-10-3-2-4-11(9-10)19(17,18)14-6-8-15-7-5-13-12(15)16/h2-4,9,14H,5-8H2,1H3,(H,13,16). The second kappa shape index (κ2) is 5.58. The Morgan fingerprint density at radius 1 is 1.42 bits per heavy atom. The van der Waals surface area contributed by atoms with Gasteiger partial charge in [-0.2, -0.15) is 0 Å². The summed E-state index contributed by atoms with van der Waals surface area (Å²) in [6.45, 7) is 3.66. The van der Waals surface area contributed by atoms with E-state index in [1.165, 1.54) is 0 Å². The van der Waals surface area contributed by atoms with Gasteiger partial charge in [-0.3, -0.25) is 0 Å². The van der Waals surface area contributed by atoms with Crippen molar-refractivity contribution in [3.05, 3.63) is 29.8 Å². The SMILES string of the molecule is Cc1cccc(S(=O)(=O)NCCN2CCNC2=O)c1. The number of hydrogen-bond acceptors (Lipinski definition) is 3. The minimum absolute atomic E-state index is 0.144. The Labute approximate surface area is 112 Å². The van der Waals surface area contributed by atoms with Gasteiger partial charge in [0, 0.05) is 26.2 Å². The minimum atomic E-state index is -3.50. The molecule has 0 saturated carbocycles. The van der Waals surface area contributed by atoms with Gasteiger partial charge in [-0.25, -0.2) is 17.9 Å². The average molecular weight is 283 g/mol. The third kappa shape index (κ3) is 3.45. The van der Waals surface area contributed by atoms with Gasteiger partial charge in [-0.15, -0.1) is 0 Å². The Balaban J connectivity index is 1.93. The molecule has 1 aromatic rings. The van der Waals surface area contributed by atoms with Gasteiger partial charge >= 0.3 is 6.03 Å². The number of carbonyl (C=O) groups excluding carboxylic acids is 1. The molecular weight excluding hydrogens is 266 g/mol. The van der Waals surface area contributed by atoms with Crippen molar-refractivity contribution in [3.63, 3.8) is 0 Å². The van der Waals surface area contributed by atoms with E-state index in [1.807, 2.05) is 13.0 Å². The van der Waals surface area contributed by atoms with Crippen LogP contribution >= 0.6 is 0 Å². The Kier molecular flexibility index (Phi) is 4.06. The summed E-state index contributed by atoms with van der Waals surface area (Å²) >= 11 is 0. The third-order valence-electron chi connectivity index (χ3n) is 2.92. The van der Waals surface area contributed by atoms with Crippen molar-refractivity contribution in [2.24, 2.45) is 0 Å². The first kappa shape index (κ1) is 13.8. The average Bonchev–Trinajstić information content (AvgIpc) is 2.75. The maximum Gasteiger partial charge on any atom is 0.317 e. The van der Waals surface area contributed by atoms with Gasteiger partial charge in [-0.05, 0) is 24.6 Å². The highest BCUT2D eigenvalue weighted by Crippen LogP contribution is 2.10. The van der Waals surface area contributed by atoms with Crippen molar-refractivity contribution in [2.75, 3.05) is 26.2 Å². The van der Waals surface area contributed by atoms with Crippen LogP contribution in [0.15, 0.2) is 29.2 Å². The van der Waals surface area contributed by atoms with E-state index >= 15 is 0 Å². The lowest BCUT2D eigenvalue weighted by atomic mass is 10.2. The van der Waals surface area contributed by atoms with Crippen LogP contribution in [0, 0.1) is 6.92 Å². The number of amides is 2. The van der Waals surface area contributed by atoms with Gasteiger partial charge in [0.05, 0.1) is 4.90 Å². The molecule has 19 heavy (non-hydrogen) atoms. The Hall–Kier alpha value is -1.60. The van der Waals surface area contributed by atoms with E-state index in [9.17, 15) is 13.2 Å². The first-order valence-corrected chi connectivity index (χ1v) is 7.56. The molecule has 0 radical (unpaired) electrons. The number of sulfonamides is 1. The van der Waals surface area contributed by atoms with E-state index < -0.39 is 10.0 Å². The van der Waals surface area contributed by atoms with Crippen LogP contribution in [0.2, 0.25) is 0 Å². The lowest BCUT2D eigenvalue weighted by Crippen LogP contribution is -2.36. The molecule has 0 unspecified atom stereocenters. The van der Waals surface area contributed by atoms with Crippen LogP contribution < -0.4 is 10.0 Å². The molecule has 2 N–H and O–H groups in total. The molecule has 1 aliphatic heterocycles. The van der Waals surface area contributed by atoms with Crippen LogP contribution in [0.3, 0.4) is 0 Å². The fourth-order valence-corrected chi connectivity index (χ4v) is 3.03. The smallest absolute Gasteiger partial charge is 0.317 e. The number of urea groups is 1. The summed E-state index contributed by atoms with van der Waals surface area (Å²) in [6, 6.07) is 6.57. The number of benzene rings is 1. The quantitative estimate of drug-likeness (QED) is 0.815. The van der Waals surface area contributed by atoms with E-state index in [-0.39, 0.29) is 17.5 Å². The summed E-state index contributed by atoms with van der Waals surface area (Å²) in [5.41, 5.74) is 0.891. The number of aryl methyl sites for hydroxylation is 1. The molecule has 2 rings (SSSR count). The molecule has 0 bridgehead atoms. The first-order chi connectivity index (χ1) is 8.99. The van der Waals surface area contributed by atoms with Gasteiger partial charge in [0.25, 0.3) is 0 Å². The number of hydrogen-bond donors (Lipinski definition) is 2. The lowest BCUT2D eigenvalue weighted by molar-refractivity contribution is 0.218. The van der Waals surface area contributed by atoms with Gasteiger partial charge in [-0.1, -0.05) is 12.1 Å². The molecule has 7 heteroatoms. The van der Waals surface area contributed by atoms with Crippen LogP contribution in [-0.2, 0) is 10.0 Å². The maximum absolute atomic E-state index is 12.0. The fourth-order valence-electron chi connectivity index (χ4n) is 1.91. The van der Waals surface area contributed by atoms with Crippen molar-refractivity contribution in [2.45, 2.75) is 11.8 Å². The highest BCUT2D eigenvalue weighted by atomic mass is 32.2. The van der Waals surface area contributed by atoms with Gasteiger partial charge in [0.2, 0.25) is 10.0 Å². The van der Waals surface area contributed by atoms with E-state index in [1.54, 1.807) is 23.1 Å². The number of carbonyl (C=O) groups is 1. The third-order valence-corrected chi connectivity index (χ3v) is 4.38. The Morgan fingerprint density at radius 3 is 2.84 bits per heavy atom. The van der Waals surface area contributed by atoms with Crippen molar-refractivity contribution < 1.29 is 13.2 Å². The molecule has 2 amide bonds. The molecule has 104 valence electrons. The summed E-state index contributed by atoms with van der Waals surface area (Å²) < 4.78 is 26.5. The first-order valence-electron chi connectivity index (χ1n) is 6.08. The van der Waals surface area contributed by atoms with Crippen LogP contribution in [-0.4, -0.2) is 45.5 Å². The summed E-state index contributed by atoms with van der Waals surface area (Å²) in [5, 5.41) is 2.67. The van der Waals surface area contributed by atoms with Crippen LogP contribution in [0.1, 0.15) is 5.56 Å². The van der Waals surface area contributed by atoms with Crippen LogP contribution in [0.25, 0.3) is 0 Å². The minimum Gasteiger partial charge on any atom is -0.336 e. The Morgan fingerprint density at radius 2 is 2.21 bits per heavy atom. The summed E-state index contributed by atoms with van der Waals surface area (Å²) in [7, 11) is -3.50. The van der Waals surface area contributed by atoms with E-state index in [0.717, 1.165) is 5.56 Å². The second-order valence-electron chi connectivity index (χ2n) is 4.43. The zero-order valence-electron chi connectivity index (χ0n) is 10.7. The van der Waals surface area contributed by atoms with Gasteiger partial charge in [0.15, 0.2) is 0 Å². The topological polar surface area (TPSA) is 78.5 Å². The predicted molar refractivity (Wildman–Crippen MR) is 71.3 cm³/mol. The number of nitrogens with one attached hydrogen (secondary N) is 2. The molecule has 1 heterocycles. The molecule has 0 atom stereocenters. The molecule has 6 nitrogen and oxygen atoms in total. The normalized spacial score (nSPS) is 15.6. The summed E-state index contributed by atoms with van der Waals surface area (Å²) in [6.07, 6.45) is 0. The van der Waals surface area contributed by atoms with Crippen molar-refractivity contribution in [1.82, 2.24) is 14.9 Å². The van der Waals surface area contributed by atoms with E-state index in [4.69, 9.17) is 0 Å². The lowest BCUT2D eigenvalue weighted by Gasteiger charge is -2.14. The predicted octanol–water partition coefficient (Wildman–Crippen LogP) is 0.299. The van der Waals surface area contributed by atoms with Gasteiger partial charge < -0.3 is 10.2 Å². The van der Waals surface area contributed by atoms with E-state index in [2.05, 4.69) is 10.0 Å². The largest absolute Gasteiger partial charge is 0.336 e. The highest BCUT2D eigenvalue weighted by molar-refractivity contribution is 7.89. The zero-order chi connectivity index (χ0) is 13.9. The number of rotatable bonds is 5. The molecule has 0 aromatic heterocycles. The van der Waals surface area contributed by atoms with Crippen LogP contribution in [0.5, 0.6) is 0 Å². The fraction of sp³-hybridized carbons (Fsp3) is 0.417. The molecule has 0 spiro atoms. The van der Waals surface area contributed by atoms with Crippen molar-refractivity contribution >= 4 is 16.1 Å². The molecule has 1 fully saturated rings.